The van der Waals surface area contributed by atoms with Crippen LogP contribution in [0.25, 0.3) is 0 Å². The van der Waals surface area contributed by atoms with Crippen LogP contribution in [0, 0.1) is 0 Å². The normalized spacial score (nSPS) is 11.3. The highest BCUT2D eigenvalue weighted by molar-refractivity contribution is 7.89. The zero-order chi connectivity index (χ0) is 19.3. The summed E-state index contributed by atoms with van der Waals surface area (Å²) in [5.41, 5.74) is 0.523. The maximum atomic E-state index is 12.2. The zero-order valence-corrected chi connectivity index (χ0v) is 15.7. The van der Waals surface area contributed by atoms with E-state index in [4.69, 9.17) is 20.8 Å². The quantitative estimate of drug-likeness (QED) is 0.651. The molecule has 0 bridgehead atoms. The van der Waals surface area contributed by atoms with Gasteiger partial charge in [0.1, 0.15) is 18.6 Å². The number of sulfonamides is 1. The Labute approximate surface area is 161 Å². The van der Waals surface area contributed by atoms with Crippen LogP contribution in [-0.4, -0.2) is 8.42 Å². The van der Waals surface area contributed by atoms with Gasteiger partial charge in [0.05, 0.1) is 11.4 Å². The van der Waals surface area contributed by atoms with Crippen molar-refractivity contribution >= 4 is 21.6 Å². The molecular weight excluding hydrogens is 390 g/mol. The van der Waals surface area contributed by atoms with Gasteiger partial charge in [-0.05, 0) is 29.8 Å². The van der Waals surface area contributed by atoms with E-state index in [1.165, 1.54) is 36.6 Å². The standard InChI is InChI=1S/C19H16ClNO5S/c20-15-6-8-17(9-7-15)27(23,24)21-11-16-10-18(22)19(13-25-16)26-12-14-4-2-1-3-5-14/h1-10,13,21H,11-12H2. The summed E-state index contributed by atoms with van der Waals surface area (Å²) in [5, 5.41) is 0.436. The summed E-state index contributed by atoms with van der Waals surface area (Å²) in [4.78, 5) is 12.2. The first-order chi connectivity index (χ1) is 12.9. The van der Waals surface area contributed by atoms with E-state index in [9.17, 15) is 13.2 Å². The van der Waals surface area contributed by atoms with E-state index in [-0.39, 0.29) is 29.6 Å². The Bertz CT molecular complexity index is 1060. The molecule has 0 aliphatic rings. The van der Waals surface area contributed by atoms with Crippen molar-refractivity contribution in [2.45, 2.75) is 18.0 Å². The molecule has 0 amide bonds. The second-order valence-corrected chi connectivity index (χ2v) is 7.83. The number of ether oxygens (including phenoxy) is 1. The fourth-order valence-corrected chi connectivity index (χ4v) is 3.35. The van der Waals surface area contributed by atoms with Crippen molar-refractivity contribution in [3.05, 3.63) is 93.5 Å². The Hall–Kier alpha value is -2.61. The lowest BCUT2D eigenvalue weighted by Crippen LogP contribution is -2.23. The lowest BCUT2D eigenvalue weighted by Gasteiger charge is -2.08. The van der Waals surface area contributed by atoms with Gasteiger partial charge in [-0.3, -0.25) is 4.79 Å². The Morgan fingerprint density at radius 2 is 1.74 bits per heavy atom. The molecule has 0 fully saturated rings. The Balaban J connectivity index is 1.63. The van der Waals surface area contributed by atoms with Crippen LogP contribution in [0.1, 0.15) is 11.3 Å². The van der Waals surface area contributed by atoms with E-state index in [0.717, 1.165) is 5.56 Å². The number of halogens is 1. The highest BCUT2D eigenvalue weighted by Gasteiger charge is 2.14. The Kier molecular flexibility index (Phi) is 5.95. The van der Waals surface area contributed by atoms with Crippen molar-refractivity contribution < 1.29 is 17.6 Å². The molecule has 1 heterocycles. The molecule has 0 atom stereocenters. The molecule has 3 aromatic rings. The highest BCUT2D eigenvalue weighted by atomic mass is 35.5. The fourth-order valence-electron chi connectivity index (χ4n) is 2.24. The summed E-state index contributed by atoms with van der Waals surface area (Å²) in [6.07, 6.45) is 1.18. The van der Waals surface area contributed by atoms with Gasteiger partial charge >= 0.3 is 0 Å². The molecule has 140 valence electrons. The van der Waals surface area contributed by atoms with E-state index in [0.29, 0.717) is 5.02 Å². The molecular formula is C19H16ClNO5S. The second kappa shape index (κ2) is 8.39. The molecule has 6 nitrogen and oxygen atoms in total. The van der Waals surface area contributed by atoms with Crippen LogP contribution in [0.15, 0.2) is 81.0 Å². The average Bonchev–Trinajstić information content (AvgIpc) is 2.67. The second-order valence-electron chi connectivity index (χ2n) is 5.63. The predicted octanol–water partition coefficient (Wildman–Crippen LogP) is 3.35. The number of hydrogen-bond acceptors (Lipinski definition) is 5. The number of nitrogens with one attached hydrogen (secondary N) is 1. The third-order valence-corrected chi connectivity index (χ3v) is 5.32. The topological polar surface area (TPSA) is 85.6 Å². The van der Waals surface area contributed by atoms with E-state index in [1.807, 2.05) is 30.3 Å². The van der Waals surface area contributed by atoms with Gasteiger partial charge in [-0.1, -0.05) is 41.9 Å². The fraction of sp³-hybridized carbons (Fsp3) is 0.105. The van der Waals surface area contributed by atoms with Gasteiger partial charge in [0.2, 0.25) is 21.2 Å². The molecule has 0 unspecified atom stereocenters. The SMILES string of the molecule is O=c1cc(CNS(=O)(=O)c2ccc(Cl)cc2)occ1OCc1ccccc1. The van der Waals surface area contributed by atoms with Gasteiger partial charge in [-0.25, -0.2) is 13.1 Å². The molecule has 2 aromatic carbocycles. The lowest BCUT2D eigenvalue weighted by atomic mass is 10.2. The number of rotatable bonds is 7. The van der Waals surface area contributed by atoms with Crippen molar-refractivity contribution in [2.75, 3.05) is 0 Å². The molecule has 0 spiro atoms. The minimum absolute atomic E-state index is 0.0585. The number of benzene rings is 2. The van der Waals surface area contributed by atoms with Crippen LogP contribution >= 0.6 is 11.6 Å². The van der Waals surface area contributed by atoms with Crippen LogP contribution < -0.4 is 14.9 Å². The first-order valence-electron chi connectivity index (χ1n) is 7.98. The van der Waals surface area contributed by atoms with Gasteiger partial charge in [0, 0.05) is 11.1 Å². The van der Waals surface area contributed by atoms with E-state index in [1.54, 1.807) is 0 Å². The summed E-state index contributed by atoms with van der Waals surface area (Å²) in [6.45, 7) is 0.0628. The van der Waals surface area contributed by atoms with E-state index >= 15 is 0 Å². The molecule has 0 saturated heterocycles. The zero-order valence-electron chi connectivity index (χ0n) is 14.1. The molecule has 27 heavy (non-hydrogen) atoms. The van der Waals surface area contributed by atoms with Crippen molar-refractivity contribution in [3.63, 3.8) is 0 Å². The largest absolute Gasteiger partial charge is 0.482 e. The minimum Gasteiger partial charge on any atom is -0.482 e. The number of hydrogen-bond donors (Lipinski definition) is 1. The van der Waals surface area contributed by atoms with Crippen molar-refractivity contribution in [1.82, 2.24) is 4.72 Å². The van der Waals surface area contributed by atoms with Gasteiger partial charge in [-0.15, -0.1) is 0 Å². The van der Waals surface area contributed by atoms with Crippen LogP contribution in [0.4, 0.5) is 0 Å². The van der Waals surface area contributed by atoms with Crippen molar-refractivity contribution in [1.29, 1.82) is 0 Å². The smallest absolute Gasteiger partial charge is 0.240 e. The minimum atomic E-state index is -3.75. The Morgan fingerprint density at radius 1 is 1.04 bits per heavy atom. The van der Waals surface area contributed by atoms with Crippen LogP contribution in [0.3, 0.4) is 0 Å². The van der Waals surface area contributed by atoms with E-state index in [2.05, 4.69) is 4.72 Å². The maximum Gasteiger partial charge on any atom is 0.240 e. The molecule has 8 heteroatoms. The first kappa shape index (κ1) is 19.2. The third kappa shape index (κ3) is 5.19. The summed E-state index contributed by atoms with van der Waals surface area (Å²) in [5.74, 6) is 0.229. The van der Waals surface area contributed by atoms with Crippen LogP contribution in [0.5, 0.6) is 5.75 Å². The molecule has 0 aliphatic carbocycles. The molecule has 0 saturated carbocycles. The van der Waals surface area contributed by atoms with Gasteiger partial charge < -0.3 is 9.15 Å². The third-order valence-electron chi connectivity index (χ3n) is 3.65. The molecule has 3 rings (SSSR count). The van der Waals surface area contributed by atoms with Crippen LogP contribution in [0.2, 0.25) is 5.02 Å². The van der Waals surface area contributed by atoms with Crippen LogP contribution in [-0.2, 0) is 23.2 Å². The average molecular weight is 406 g/mol. The van der Waals surface area contributed by atoms with Gasteiger partial charge in [-0.2, -0.15) is 0 Å². The predicted molar refractivity (Wildman–Crippen MR) is 101 cm³/mol. The highest BCUT2D eigenvalue weighted by Crippen LogP contribution is 2.15. The summed E-state index contributed by atoms with van der Waals surface area (Å²) in [6, 6.07) is 16.3. The van der Waals surface area contributed by atoms with E-state index < -0.39 is 15.5 Å². The monoisotopic (exact) mass is 405 g/mol. The molecule has 1 N–H and O–H groups in total. The van der Waals surface area contributed by atoms with Crippen molar-refractivity contribution in [3.8, 4) is 5.75 Å². The maximum absolute atomic E-state index is 12.2. The Morgan fingerprint density at radius 3 is 2.41 bits per heavy atom. The first-order valence-corrected chi connectivity index (χ1v) is 9.84. The molecule has 0 aliphatic heterocycles. The molecule has 1 aromatic heterocycles. The van der Waals surface area contributed by atoms with Crippen molar-refractivity contribution in [2.24, 2.45) is 0 Å². The molecule has 0 radical (unpaired) electrons. The lowest BCUT2D eigenvalue weighted by molar-refractivity contribution is 0.289. The summed E-state index contributed by atoms with van der Waals surface area (Å²) in [7, 11) is -3.75. The van der Waals surface area contributed by atoms with Gasteiger partial charge in [0.15, 0.2) is 0 Å². The summed E-state index contributed by atoms with van der Waals surface area (Å²) < 4.78 is 37.6. The van der Waals surface area contributed by atoms with Gasteiger partial charge in [0.25, 0.3) is 0 Å². The summed E-state index contributed by atoms with van der Waals surface area (Å²) >= 11 is 5.75.